The first kappa shape index (κ1) is 14.0. The minimum Gasteiger partial charge on any atom is -0.308 e. The summed E-state index contributed by atoms with van der Waals surface area (Å²) in [4.78, 5) is 6.97. The van der Waals surface area contributed by atoms with E-state index in [4.69, 9.17) is 0 Å². The van der Waals surface area contributed by atoms with Crippen molar-refractivity contribution in [3.05, 3.63) is 16.6 Å². The fourth-order valence-corrected chi connectivity index (χ4v) is 3.23. The Hall–Kier alpha value is -0.450. The second-order valence-corrected chi connectivity index (χ2v) is 6.39. The third-order valence-corrected chi connectivity index (χ3v) is 4.57. The lowest BCUT2D eigenvalue weighted by Crippen LogP contribution is -2.37. The Kier molecular flexibility index (Phi) is 5.60. The molecule has 0 amide bonds. The van der Waals surface area contributed by atoms with Gasteiger partial charge in [-0.1, -0.05) is 13.3 Å². The Balaban J connectivity index is 1.66. The maximum absolute atomic E-state index is 4.36. The molecule has 0 spiro atoms. The van der Waals surface area contributed by atoms with Crippen molar-refractivity contribution in [2.24, 2.45) is 5.92 Å². The summed E-state index contributed by atoms with van der Waals surface area (Å²) in [5.41, 5.74) is 0. The molecule has 0 aromatic carbocycles. The number of thiazole rings is 1. The normalized spacial score (nSPS) is 20.8. The van der Waals surface area contributed by atoms with Gasteiger partial charge in [0.1, 0.15) is 5.01 Å². The SMILES string of the molecule is CC(CNC(C)c1nccs1)CN1CCCCC1. The highest BCUT2D eigenvalue weighted by Crippen LogP contribution is 2.15. The van der Waals surface area contributed by atoms with Crippen LogP contribution in [0.2, 0.25) is 0 Å². The van der Waals surface area contributed by atoms with E-state index in [1.54, 1.807) is 11.3 Å². The summed E-state index contributed by atoms with van der Waals surface area (Å²) >= 11 is 1.73. The van der Waals surface area contributed by atoms with Gasteiger partial charge in [-0.25, -0.2) is 4.98 Å². The lowest BCUT2D eigenvalue weighted by molar-refractivity contribution is 0.197. The van der Waals surface area contributed by atoms with Crippen molar-refractivity contribution in [3.8, 4) is 0 Å². The van der Waals surface area contributed by atoms with Crippen molar-refractivity contribution in [1.82, 2.24) is 15.2 Å². The van der Waals surface area contributed by atoms with E-state index in [0.29, 0.717) is 12.0 Å². The van der Waals surface area contributed by atoms with Crippen LogP contribution in [0.1, 0.15) is 44.2 Å². The van der Waals surface area contributed by atoms with Gasteiger partial charge in [-0.15, -0.1) is 11.3 Å². The summed E-state index contributed by atoms with van der Waals surface area (Å²) in [6, 6.07) is 0.383. The topological polar surface area (TPSA) is 28.2 Å². The molecular weight excluding hydrogens is 242 g/mol. The molecule has 2 atom stereocenters. The standard InChI is InChI=1S/C14H25N3S/c1-12(11-17-7-4-3-5-8-17)10-16-13(2)14-15-6-9-18-14/h6,9,12-13,16H,3-5,7-8,10-11H2,1-2H3. The van der Waals surface area contributed by atoms with Crippen LogP contribution >= 0.6 is 11.3 Å². The van der Waals surface area contributed by atoms with Crippen molar-refractivity contribution in [2.45, 2.75) is 39.2 Å². The maximum Gasteiger partial charge on any atom is 0.109 e. The molecule has 1 aliphatic rings. The van der Waals surface area contributed by atoms with Crippen LogP contribution in [-0.2, 0) is 0 Å². The molecule has 1 N–H and O–H groups in total. The molecule has 102 valence electrons. The third kappa shape index (κ3) is 4.34. The first-order chi connectivity index (χ1) is 8.75. The number of nitrogens with one attached hydrogen (secondary N) is 1. The van der Waals surface area contributed by atoms with Gasteiger partial charge in [-0.2, -0.15) is 0 Å². The van der Waals surface area contributed by atoms with Crippen LogP contribution in [0.15, 0.2) is 11.6 Å². The Morgan fingerprint density at radius 1 is 1.33 bits per heavy atom. The fourth-order valence-electron chi connectivity index (χ4n) is 2.56. The number of aromatic nitrogens is 1. The second-order valence-electron chi connectivity index (χ2n) is 5.47. The molecule has 1 aromatic heterocycles. The van der Waals surface area contributed by atoms with Crippen LogP contribution in [-0.4, -0.2) is 36.1 Å². The molecule has 3 nitrogen and oxygen atoms in total. The van der Waals surface area contributed by atoms with E-state index in [9.17, 15) is 0 Å². The molecular formula is C14H25N3S. The zero-order valence-electron chi connectivity index (χ0n) is 11.6. The number of hydrogen-bond acceptors (Lipinski definition) is 4. The molecule has 1 aliphatic heterocycles. The highest BCUT2D eigenvalue weighted by atomic mass is 32.1. The monoisotopic (exact) mass is 267 g/mol. The Bertz CT molecular complexity index is 320. The first-order valence-electron chi connectivity index (χ1n) is 7.11. The van der Waals surface area contributed by atoms with Crippen LogP contribution < -0.4 is 5.32 Å². The van der Waals surface area contributed by atoms with Gasteiger partial charge in [-0.3, -0.25) is 0 Å². The molecule has 18 heavy (non-hydrogen) atoms. The van der Waals surface area contributed by atoms with Crippen molar-refractivity contribution in [3.63, 3.8) is 0 Å². The highest BCUT2D eigenvalue weighted by molar-refractivity contribution is 7.09. The maximum atomic E-state index is 4.36. The molecule has 0 bridgehead atoms. The third-order valence-electron chi connectivity index (χ3n) is 3.61. The average Bonchev–Trinajstić information content (AvgIpc) is 2.91. The fraction of sp³-hybridized carbons (Fsp3) is 0.786. The highest BCUT2D eigenvalue weighted by Gasteiger charge is 2.14. The predicted molar refractivity (Wildman–Crippen MR) is 78.0 cm³/mol. The zero-order chi connectivity index (χ0) is 12.8. The van der Waals surface area contributed by atoms with E-state index in [2.05, 4.69) is 29.0 Å². The largest absolute Gasteiger partial charge is 0.308 e. The summed E-state index contributed by atoms with van der Waals surface area (Å²) in [7, 11) is 0. The van der Waals surface area contributed by atoms with Crippen molar-refractivity contribution >= 4 is 11.3 Å². The number of nitrogens with zero attached hydrogens (tertiary/aromatic N) is 2. The Labute approximate surface area is 115 Å². The van der Waals surface area contributed by atoms with Crippen molar-refractivity contribution < 1.29 is 0 Å². The lowest BCUT2D eigenvalue weighted by Gasteiger charge is -2.29. The van der Waals surface area contributed by atoms with E-state index in [-0.39, 0.29) is 0 Å². The van der Waals surface area contributed by atoms with Crippen LogP contribution in [0.25, 0.3) is 0 Å². The summed E-state index contributed by atoms with van der Waals surface area (Å²) in [5, 5.41) is 6.84. The molecule has 2 heterocycles. The van der Waals surface area contributed by atoms with E-state index >= 15 is 0 Å². The Morgan fingerprint density at radius 3 is 2.78 bits per heavy atom. The van der Waals surface area contributed by atoms with Gasteiger partial charge in [0.05, 0.1) is 6.04 Å². The molecule has 0 radical (unpaired) electrons. The number of likely N-dealkylation sites (tertiary alicyclic amines) is 1. The summed E-state index contributed by atoms with van der Waals surface area (Å²) in [6.45, 7) is 9.45. The molecule has 4 heteroatoms. The van der Waals surface area contributed by atoms with Crippen LogP contribution in [0.4, 0.5) is 0 Å². The van der Waals surface area contributed by atoms with Gasteiger partial charge in [0.2, 0.25) is 0 Å². The van der Waals surface area contributed by atoms with E-state index in [0.717, 1.165) is 6.54 Å². The van der Waals surface area contributed by atoms with Gasteiger partial charge in [0.15, 0.2) is 0 Å². The smallest absolute Gasteiger partial charge is 0.109 e. The van der Waals surface area contributed by atoms with Gasteiger partial charge in [0, 0.05) is 18.1 Å². The average molecular weight is 267 g/mol. The van der Waals surface area contributed by atoms with Crippen molar-refractivity contribution in [1.29, 1.82) is 0 Å². The quantitative estimate of drug-likeness (QED) is 0.859. The van der Waals surface area contributed by atoms with Gasteiger partial charge in [0.25, 0.3) is 0 Å². The van der Waals surface area contributed by atoms with Crippen molar-refractivity contribution in [2.75, 3.05) is 26.2 Å². The minimum atomic E-state index is 0.383. The second kappa shape index (κ2) is 7.22. The number of piperidine rings is 1. The summed E-state index contributed by atoms with van der Waals surface area (Å²) < 4.78 is 0. The van der Waals surface area contributed by atoms with Gasteiger partial charge < -0.3 is 10.2 Å². The molecule has 1 saturated heterocycles. The van der Waals surface area contributed by atoms with Crippen LogP contribution in [0, 0.1) is 5.92 Å². The molecule has 2 rings (SSSR count). The lowest BCUT2D eigenvalue weighted by atomic mass is 10.1. The van der Waals surface area contributed by atoms with E-state index in [1.165, 1.54) is 43.9 Å². The summed E-state index contributed by atoms with van der Waals surface area (Å²) in [5.74, 6) is 0.713. The molecule has 0 aliphatic carbocycles. The van der Waals surface area contributed by atoms with Gasteiger partial charge in [-0.05, 0) is 45.3 Å². The molecule has 0 saturated carbocycles. The van der Waals surface area contributed by atoms with Gasteiger partial charge >= 0.3 is 0 Å². The number of hydrogen-bond donors (Lipinski definition) is 1. The van der Waals surface area contributed by atoms with E-state index in [1.807, 2.05) is 11.6 Å². The first-order valence-corrected chi connectivity index (χ1v) is 7.99. The van der Waals surface area contributed by atoms with Crippen LogP contribution in [0.3, 0.4) is 0 Å². The molecule has 1 fully saturated rings. The number of rotatable bonds is 6. The Morgan fingerprint density at radius 2 is 2.11 bits per heavy atom. The minimum absolute atomic E-state index is 0.383. The summed E-state index contributed by atoms with van der Waals surface area (Å²) in [6.07, 6.45) is 6.07. The molecule has 1 aromatic rings. The van der Waals surface area contributed by atoms with Crippen LogP contribution in [0.5, 0.6) is 0 Å². The predicted octanol–water partition coefficient (Wildman–Crippen LogP) is 2.92. The molecule has 2 unspecified atom stereocenters. The van der Waals surface area contributed by atoms with E-state index < -0.39 is 0 Å². The zero-order valence-corrected chi connectivity index (χ0v) is 12.4.